The van der Waals surface area contributed by atoms with Crippen LogP contribution >= 0.6 is 0 Å². The minimum Gasteiger partial charge on any atom is -0.379 e. The van der Waals surface area contributed by atoms with Gasteiger partial charge in [-0.25, -0.2) is 4.98 Å². The minimum absolute atomic E-state index is 0.265. The average Bonchev–Trinajstić information content (AvgIpc) is 3.30. The smallest absolute Gasteiger partial charge is 0.291 e. The average molecular weight is 434 g/mol. The Kier molecular flexibility index (Phi) is 7.29. The molecule has 1 saturated heterocycles. The number of benzene rings is 1. The topological polar surface area (TPSA) is 82.6 Å². The Balaban J connectivity index is 1.57. The van der Waals surface area contributed by atoms with Crippen LogP contribution in [0.1, 0.15) is 53.1 Å². The maximum absolute atomic E-state index is 12.8. The van der Waals surface area contributed by atoms with Crippen molar-refractivity contribution in [2.75, 3.05) is 45.2 Å². The van der Waals surface area contributed by atoms with Gasteiger partial charge < -0.3 is 15.0 Å². The molecule has 2 heterocycles. The first-order chi connectivity index (χ1) is 15.6. The summed E-state index contributed by atoms with van der Waals surface area (Å²) in [4.78, 5) is 26.3. The number of imidazole rings is 1. The van der Waals surface area contributed by atoms with Crippen molar-refractivity contribution in [2.24, 2.45) is 4.99 Å². The van der Waals surface area contributed by atoms with Gasteiger partial charge in [-0.15, -0.1) is 0 Å². The van der Waals surface area contributed by atoms with Crippen molar-refractivity contribution >= 4 is 29.0 Å². The highest BCUT2D eigenvalue weighted by molar-refractivity contribution is 6.04. The van der Waals surface area contributed by atoms with Crippen LogP contribution in [0.25, 0.3) is 11.1 Å². The molecule has 1 aromatic carbocycles. The summed E-state index contributed by atoms with van der Waals surface area (Å²) in [5.41, 5.74) is 6.04. The lowest BCUT2D eigenvalue weighted by molar-refractivity contribution is 0.0444. The Morgan fingerprint density at radius 3 is 2.94 bits per heavy atom. The lowest BCUT2D eigenvalue weighted by atomic mass is 9.90. The Morgan fingerprint density at radius 2 is 2.19 bits per heavy atom. The highest BCUT2D eigenvalue weighted by Gasteiger charge is 2.18. The van der Waals surface area contributed by atoms with Crippen molar-refractivity contribution in [1.29, 1.82) is 0 Å². The molecule has 0 saturated carbocycles. The lowest BCUT2D eigenvalue weighted by Gasteiger charge is -2.27. The SMILES string of the molecule is C=C(CN1CCOCC1)c1ccc(NC(=O)c2ncc(C=NC)[nH]2)c(C2=CCCCC2)c1. The summed E-state index contributed by atoms with van der Waals surface area (Å²) in [6, 6.07) is 6.20. The van der Waals surface area contributed by atoms with E-state index in [1.807, 2.05) is 12.1 Å². The van der Waals surface area contributed by atoms with Gasteiger partial charge in [0, 0.05) is 44.1 Å². The van der Waals surface area contributed by atoms with Gasteiger partial charge in [0.1, 0.15) is 0 Å². The van der Waals surface area contributed by atoms with Crippen LogP contribution in [0.5, 0.6) is 0 Å². The molecule has 1 aliphatic carbocycles. The van der Waals surface area contributed by atoms with Crippen LogP contribution in [0.3, 0.4) is 0 Å². The summed E-state index contributed by atoms with van der Waals surface area (Å²) in [7, 11) is 1.68. The van der Waals surface area contributed by atoms with Crippen LogP contribution < -0.4 is 5.32 Å². The van der Waals surface area contributed by atoms with Crippen molar-refractivity contribution in [3.63, 3.8) is 0 Å². The molecular weight excluding hydrogens is 402 g/mol. The number of anilines is 1. The van der Waals surface area contributed by atoms with E-state index in [9.17, 15) is 4.79 Å². The molecule has 0 atom stereocenters. The Hall–Kier alpha value is -3.03. The molecule has 0 spiro atoms. The fourth-order valence-electron chi connectivity index (χ4n) is 4.18. The molecule has 1 amide bonds. The predicted molar refractivity (Wildman–Crippen MR) is 129 cm³/mol. The van der Waals surface area contributed by atoms with Crippen LogP contribution in [0.2, 0.25) is 0 Å². The first-order valence-electron chi connectivity index (χ1n) is 11.2. The number of morpholine rings is 1. The number of carbonyl (C=O) groups excluding carboxylic acids is 1. The number of amides is 1. The summed E-state index contributed by atoms with van der Waals surface area (Å²) < 4.78 is 5.46. The number of nitrogens with one attached hydrogen (secondary N) is 2. The molecule has 0 bridgehead atoms. The van der Waals surface area contributed by atoms with E-state index in [-0.39, 0.29) is 11.7 Å². The van der Waals surface area contributed by atoms with E-state index >= 15 is 0 Å². The fraction of sp³-hybridized carbons (Fsp3) is 0.400. The maximum Gasteiger partial charge on any atom is 0.291 e. The number of allylic oxidation sites excluding steroid dienone is 2. The first kappa shape index (κ1) is 22.2. The molecule has 2 aliphatic rings. The number of H-pyrrole nitrogens is 1. The Labute approximate surface area is 189 Å². The van der Waals surface area contributed by atoms with Crippen molar-refractivity contribution < 1.29 is 9.53 Å². The molecule has 1 aromatic heterocycles. The van der Waals surface area contributed by atoms with E-state index in [1.54, 1.807) is 19.5 Å². The second-order valence-electron chi connectivity index (χ2n) is 8.26. The van der Waals surface area contributed by atoms with Crippen LogP contribution in [0.4, 0.5) is 5.69 Å². The Bertz CT molecular complexity index is 1030. The lowest BCUT2D eigenvalue weighted by Crippen LogP contribution is -2.37. The fourth-order valence-corrected chi connectivity index (χ4v) is 4.18. The van der Waals surface area contributed by atoms with Gasteiger partial charge in [0.2, 0.25) is 0 Å². The van der Waals surface area contributed by atoms with Gasteiger partial charge in [0.25, 0.3) is 5.91 Å². The number of hydrogen-bond donors (Lipinski definition) is 2. The number of nitrogens with zero attached hydrogens (tertiary/aromatic N) is 3. The molecule has 2 aromatic rings. The molecule has 0 unspecified atom stereocenters. The summed E-state index contributed by atoms with van der Waals surface area (Å²) in [5.74, 6) is 0.00239. The largest absolute Gasteiger partial charge is 0.379 e. The van der Waals surface area contributed by atoms with Crippen LogP contribution in [-0.4, -0.2) is 66.9 Å². The summed E-state index contributed by atoms with van der Waals surface area (Å²) in [5, 5.41) is 3.05. The second-order valence-corrected chi connectivity index (χ2v) is 8.26. The molecule has 168 valence electrons. The van der Waals surface area contributed by atoms with E-state index in [0.717, 1.165) is 74.5 Å². The van der Waals surface area contributed by atoms with Gasteiger partial charge in [-0.2, -0.15) is 0 Å². The Morgan fingerprint density at radius 1 is 1.34 bits per heavy atom. The molecular formula is C25H31N5O2. The van der Waals surface area contributed by atoms with Crippen molar-refractivity contribution in [1.82, 2.24) is 14.9 Å². The van der Waals surface area contributed by atoms with Gasteiger partial charge in [-0.3, -0.25) is 14.7 Å². The standard InChI is InChI=1S/C25H31N5O2/c1-18(17-30-10-12-32-13-11-30)20-8-9-23(22(14-20)19-6-4-3-5-7-19)29-25(31)24-27-16-21(28-24)15-26-2/h6,8-9,14-16H,1,3-5,7,10-13,17H2,2H3,(H,27,28)(H,29,31). The van der Waals surface area contributed by atoms with Gasteiger partial charge in [0.15, 0.2) is 5.82 Å². The molecule has 7 nitrogen and oxygen atoms in total. The van der Waals surface area contributed by atoms with Crippen LogP contribution in [0.15, 0.2) is 42.0 Å². The van der Waals surface area contributed by atoms with Gasteiger partial charge >= 0.3 is 0 Å². The molecule has 32 heavy (non-hydrogen) atoms. The molecule has 4 rings (SSSR count). The normalized spacial score (nSPS) is 17.3. The number of aromatic nitrogens is 2. The van der Waals surface area contributed by atoms with Crippen LogP contribution in [-0.2, 0) is 4.74 Å². The van der Waals surface area contributed by atoms with E-state index < -0.39 is 0 Å². The number of rotatable bonds is 7. The summed E-state index contributed by atoms with van der Waals surface area (Å²) in [6.45, 7) is 8.57. The number of aromatic amines is 1. The summed E-state index contributed by atoms with van der Waals surface area (Å²) in [6.07, 6.45) is 9.99. The van der Waals surface area contributed by atoms with E-state index in [2.05, 4.69) is 43.9 Å². The predicted octanol–water partition coefficient (Wildman–Crippen LogP) is 4.01. The third-order valence-corrected chi connectivity index (χ3v) is 5.91. The molecule has 1 fully saturated rings. The van der Waals surface area contributed by atoms with Crippen molar-refractivity contribution in [3.8, 4) is 0 Å². The number of ether oxygens (including phenoxy) is 1. The minimum atomic E-state index is -0.265. The monoisotopic (exact) mass is 433 g/mol. The van der Waals surface area contributed by atoms with Gasteiger partial charge in [0.05, 0.1) is 25.1 Å². The van der Waals surface area contributed by atoms with Gasteiger partial charge in [-0.1, -0.05) is 18.7 Å². The van der Waals surface area contributed by atoms with Crippen molar-refractivity contribution in [2.45, 2.75) is 25.7 Å². The number of carbonyl (C=O) groups is 1. The zero-order chi connectivity index (χ0) is 22.3. The quantitative estimate of drug-likeness (QED) is 0.646. The second kappa shape index (κ2) is 10.5. The number of aliphatic imine (C=N–C) groups is 1. The molecule has 1 aliphatic heterocycles. The van der Waals surface area contributed by atoms with E-state index in [1.165, 1.54) is 12.0 Å². The summed E-state index contributed by atoms with van der Waals surface area (Å²) >= 11 is 0. The zero-order valence-electron chi connectivity index (χ0n) is 18.7. The highest BCUT2D eigenvalue weighted by atomic mass is 16.5. The van der Waals surface area contributed by atoms with Crippen molar-refractivity contribution in [3.05, 3.63) is 59.7 Å². The van der Waals surface area contributed by atoms with Crippen LogP contribution in [0, 0.1) is 0 Å². The zero-order valence-corrected chi connectivity index (χ0v) is 18.7. The molecule has 0 radical (unpaired) electrons. The van der Waals surface area contributed by atoms with E-state index in [0.29, 0.717) is 5.69 Å². The molecule has 7 heteroatoms. The maximum atomic E-state index is 12.8. The highest BCUT2D eigenvalue weighted by Crippen LogP contribution is 2.34. The first-order valence-corrected chi connectivity index (χ1v) is 11.2. The van der Waals surface area contributed by atoms with Gasteiger partial charge in [-0.05, 0) is 54.5 Å². The third kappa shape index (κ3) is 5.41. The third-order valence-electron chi connectivity index (χ3n) is 5.91. The number of hydrogen-bond acceptors (Lipinski definition) is 5. The van der Waals surface area contributed by atoms with E-state index in [4.69, 9.17) is 4.74 Å². The molecule has 2 N–H and O–H groups in total.